The van der Waals surface area contributed by atoms with Gasteiger partial charge in [0.25, 0.3) is 0 Å². The van der Waals surface area contributed by atoms with Crippen molar-refractivity contribution in [2.45, 2.75) is 6.42 Å². The minimum absolute atomic E-state index is 0.0140. The van der Waals surface area contributed by atoms with E-state index in [2.05, 4.69) is 0 Å². The van der Waals surface area contributed by atoms with Gasteiger partial charge in [0, 0.05) is 0 Å². The lowest BCUT2D eigenvalue weighted by Crippen LogP contribution is -2.06. The van der Waals surface area contributed by atoms with Gasteiger partial charge >= 0.3 is 5.97 Å². The van der Waals surface area contributed by atoms with Crippen molar-refractivity contribution in [1.82, 2.24) is 0 Å². The topological polar surface area (TPSA) is 63.6 Å². The van der Waals surface area contributed by atoms with Crippen LogP contribution in [0.1, 0.15) is 16.8 Å². The highest BCUT2D eigenvalue weighted by molar-refractivity contribution is 6.32. The van der Waals surface area contributed by atoms with Crippen LogP contribution in [0.25, 0.3) is 0 Å². The highest BCUT2D eigenvalue weighted by atomic mass is 35.5. The maximum Gasteiger partial charge on any atom is 0.306 e. The van der Waals surface area contributed by atoms with Gasteiger partial charge in [0.2, 0.25) is 0 Å². The number of ether oxygens (including phenoxy) is 1. The molecule has 0 unspecified atom stereocenters. The first-order valence-corrected chi connectivity index (χ1v) is 4.61. The molecule has 15 heavy (non-hydrogen) atoms. The van der Waals surface area contributed by atoms with E-state index in [1.807, 2.05) is 0 Å². The Hall–Kier alpha value is -1.55. The number of carbonyl (C=O) groups is 2. The smallest absolute Gasteiger partial charge is 0.306 e. The molecule has 4 nitrogen and oxygen atoms in total. The molecule has 0 bridgehead atoms. The second kappa shape index (κ2) is 5.36. The number of carboxylic acids is 1. The lowest BCUT2D eigenvalue weighted by Gasteiger charge is -2.08. The van der Waals surface area contributed by atoms with E-state index in [4.69, 9.17) is 21.4 Å². The number of rotatable bonds is 5. The molecule has 0 fully saturated rings. The van der Waals surface area contributed by atoms with Crippen molar-refractivity contribution in [3.8, 4) is 5.75 Å². The summed E-state index contributed by atoms with van der Waals surface area (Å²) in [4.78, 5) is 20.9. The van der Waals surface area contributed by atoms with Crippen LogP contribution in [-0.2, 0) is 4.79 Å². The second-order valence-electron chi connectivity index (χ2n) is 2.77. The summed E-state index contributed by atoms with van der Waals surface area (Å²) in [5.74, 6) is -0.731. The Bertz CT molecular complexity index is 376. The van der Waals surface area contributed by atoms with Crippen LogP contribution < -0.4 is 4.74 Å². The molecule has 0 aliphatic heterocycles. The molecule has 0 saturated heterocycles. The predicted octanol–water partition coefficient (Wildman–Crippen LogP) is 2.01. The van der Waals surface area contributed by atoms with Crippen LogP contribution in [0.5, 0.6) is 5.75 Å². The Morgan fingerprint density at radius 3 is 2.87 bits per heavy atom. The number of carbonyl (C=O) groups excluding carboxylic acids is 1. The summed E-state index contributed by atoms with van der Waals surface area (Å²) in [6.45, 7) is -0.0140. The molecule has 5 heteroatoms. The highest BCUT2D eigenvalue weighted by Gasteiger charge is 2.08. The molecule has 80 valence electrons. The fourth-order valence-corrected chi connectivity index (χ4v) is 1.25. The van der Waals surface area contributed by atoms with E-state index in [-0.39, 0.29) is 18.8 Å². The fourth-order valence-electron chi connectivity index (χ4n) is 1.01. The SMILES string of the molecule is O=Cc1cccc(Cl)c1OCCC(=O)O. The summed E-state index contributed by atoms with van der Waals surface area (Å²) < 4.78 is 5.13. The van der Waals surface area contributed by atoms with Crippen LogP contribution >= 0.6 is 11.6 Å². The molecule has 0 heterocycles. The first-order valence-electron chi connectivity index (χ1n) is 4.23. The maximum atomic E-state index is 10.6. The van der Waals surface area contributed by atoms with Crippen LogP contribution in [0.2, 0.25) is 5.02 Å². The monoisotopic (exact) mass is 228 g/mol. The summed E-state index contributed by atoms with van der Waals surface area (Å²) in [7, 11) is 0. The number of aliphatic carboxylic acids is 1. The summed E-state index contributed by atoms with van der Waals surface area (Å²) >= 11 is 5.79. The van der Waals surface area contributed by atoms with Gasteiger partial charge in [0.05, 0.1) is 23.6 Å². The van der Waals surface area contributed by atoms with Crippen molar-refractivity contribution in [2.75, 3.05) is 6.61 Å². The first-order chi connectivity index (χ1) is 7.15. The molecule has 1 rings (SSSR count). The van der Waals surface area contributed by atoms with Crippen LogP contribution in [-0.4, -0.2) is 24.0 Å². The second-order valence-corrected chi connectivity index (χ2v) is 3.18. The van der Waals surface area contributed by atoms with Crippen molar-refractivity contribution >= 4 is 23.9 Å². The molecular formula is C10H9ClO4. The van der Waals surface area contributed by atoms with Gasteiger partial charge in [0.15, 0.2) is 6.29 Å². The number of benzene rings is 1. The number of carboxylic acid groups (broad SMARTS) is 1. The number of halogens is 1. The van der Waals surface area contributed by atoms with Gasteiger partial charge in [-0.15, -0.1) is 0 Å². The van der Waals surface area contributed by atoms with E-state index < -0.39 is 5.97 Å². The van der Waals surface area contributed by atoms with E-state index in [1.54, 1.807) is 18.2 Å². The molecule has 0 atom stereocenters. The van der Waals surface area contributed by atoms with Crippen molar-refractivity contribution < 1.29 is 19.4 Å². The van der Waals surface area contributed by atoms with Gasteiger partial charge in [-0.3, -0.25) is 9.59 Å². The first kappa shape index (κ1) is 11.5. The highest BCUT2D eigenvalue weighted by Crippen LogP contribution is 2.27. The van der Waals surface area contributed by atoms with Gasteiger partial charge in [-0.2, -0.15) is 0 Å². The van der Waals surface area contributed by atoms with Crippen molar-refractivity contribution in [3.05, 3.63) is 28.8 Å². The minimum atomic E-state index is -0.963. The average Bonchev–Trinajstić information content (AvgIpc) is 2.20. The van der Waals surface area contributed by atoms with Gasteiger partial charge in [-0.25, -0.2) is 0 Å². The standard InChI is InChI=1S/C10H9ClO4/c11-8-3-1-2-7(6-12)10(8)15-5-4-9(13)14/h1-3,6H,4-5H2,(H,13,14). The molecule has 0 radical (unpaired) electrons. The number of aldehydes is 1. The predicted molar refractivity (Wildman–Crippen MR) is 54.6 cm³/mol. The molecule has 0 spiro atoms. The van der Waals surface area contributed by atoms with Crippen molar-refractivity contribution in [3.63, 3.8) is 0 Å². The zero-order valence-corrected chi connectivity index (χ0v) is 8.53. The van der Waals surface area contributed by atoms with Crippen molar-refractivity contribution in [1.29, 1.82) is 0 Å². The van der Waals surface area contributed by atoms with E-state index in [0.29, 0.717) is 16.9 Å². The third-order valence-corrected chi connectivity index (χ3v) is 1.98. The average molecular weight is 229 g/mol. The zero-order valence-electron chi connectivity index (χ0n) is 7.77. The summed E-state index contributed by atoms with van der Waals surface area (Å²) in [5, 5.41) is 8.70. The normalized spacial score (nSPS) is 9.67. The van der Waals surface area contributed by atoms with E-state index in [1.165, 1.54) is 0 Å². The number of hydrogen-bond donors (Lipinski definition) is 1. The Morgan fingerprint density at radius 1 is 1.53 bits per heavy atom. The van der Waals surface area contributed by atoms with Gasteiger partial charge in [-0.05, 0) is 12.1 Å². The molecule has 0 saturated carbocycles. The van der Waals surface area contributed by atoms with Gasteiger partial charge < -0.3 is 9.84 Å². The van der Waals surface area contributed by atoms with Crippen LogP contribution in [0.15, 0.2) is 18.2 Å². The molecule has 0 aromatic heterocycles. The Morgan fingerprint density at radius 2 is 2.27 bits per heavy atom. The van der Waals surface area contributed by atoms with Crippen LogP contribution in [0, 0.1) is 0 Å². The van der Waals surface area contributed by atoms with E-state index >= 15 is 0 Å². The summed E-state index contributed by atoms with van der Waals surface area (Å²) in [5.41, 5.74) is 0.313. The van der Waals surface area contributed by atoms with Crippen molar-refractivity contribution in [2.24, 2.45) is 0 Å². The number of hydrogen-bond acceptors (Lipinski definition) is 3. The molecular weight excluding hydrogens is 220 g/mol. The molecule has 1 aromatic carbocycles. The van der Waals surface area contributed by atoms with Gasteiger partial charge in [0.1, 0.15) is 5.75 Å². The van der Waals surface area contributed by atoms with E-state index in [9.17, 15) is 9.59 Å². The molecule has 0 aliphatic carbocycles. The third kappa shape index (κ3) is 3.25. The van der Waals surface area contributed by atoms with Crippen LogP contribution in [0.4, 0.5) is 0 Å². The Kier molecular flexibility index (Phi) is 4.12. The lowest BCUT2D eigenvalue weighted by molar-refractivity contribution is -0.137. The molecule has 0 aliphatic rings. The molecule has 1 aromatic rings. The molecule has 0 amide bonds. The third-order valence-electron chi connectivity index (χ3n) is 1.69. The lowest BCUT2D eigenvalue weighted by atomic mass is 10.2. The fraction of sp³-hybridized carbons (Fsp3) is 0.200. The summed E-state index contributed by atoms with van der Waals surface area (Å²) in [6.07, 6.45) is 0.478. The zero-order chi connectivity index (χ0) is 11.3. The minimum Gasteiger partial charge on any atom is -0.491 e. The number of para-hydroxylation sites is 1. The van der Waals surface area contributed by atoms with Crippen LogP contribution in [0.3, 0.4) is 0 Å². The maximum absolute atomic E-state index is 10.6. The Labute approximate surface area is 91.4 Å². The largest absolute Gasteiger partial charge is 0.491 e. The summed E-state index contributed by atoms with van der Waals surface area (Å²) in [6, 6.07) is 4.75. The molecule has 1 N–H and O–H groups in total. The Balaban J connectivity index is 2.74. The van der Waals surface area contributed by atoms with Gasteiger partial charge in [-0.1, -0.05) is 17.7 Å². The quantitative estimate of drug-likeness (QED) is 0.783. The van der Waals surface area contributed by atoms with E-state index in [0.717, 1.165) is 0 Å².